The maximum Gasteiger partial charge on any atom is 0.208 e. The fourth-order valence-electron chi connectivity index (χ4n) is 1.64. The van der Waals surface area contributed by atoms with E-state index in [1.54, 1.807) is 0 Å². The Morgan fingerprint density at radius 3 is 2.53 bits per heavy atom. The van der Waals surface area contributed by atoms with Crippen molar-refractivity contribution in [2.45, 2.75) is 31.8 Å². The molecule has 15 heavy (non-hydrogen) atoms. The molecule has 1 aliphatic rings. The topological polar surface area (TPSA) is 72.5 Å². The predicted molar refractivity (Wildman–Crippen MR) is 56.1 cm³/mol. The van der Waals surface area contributed by atoms with Crippen molar-refractivity contribution in [3.8, 4) is 0 Å². The van der Waals surface area contributed by atoms with Crippen molar-refractivity contribution in [1.29, 1.82) is 0 Å². The number of ketones is 1. The van der Waals surface area contributed by atoms with E-state index in [9.17, 15) is 13.2 Å². The van der Waals surface area contributed by atoms with Crippen molar-refractivity contribution in [3.05, 3.63) is 0 Å². The molecule has 1 saturated heterocycles. The number of rotatable bonds is 4. The summed E-state index contributed by atoms with van der Waals surface area (Å²) in [6.07, 6.45) is 3.48. The molecule has 0 amide bonds. The molecule has 0 aromatic heterocycles. The van der Waals surface area contributed by atoms with E-state index in [0.29, 0.717) is 13.0 Å². The molecule has 6 heteroatoms. The minimum absolute atomic E-state index is 0.0428. The third-order valence-electron chi connectivity index (χ3n) is 2.61. The van der Waals surface area contributed by atoms with Gasteiger partial charge in [0.1, 0.15) is 5.60 Å². The van der Waals surface area contributed by atoms with Gasteiger partial charge in [0.25, 0.3) is 0 Å². The summed E-state index contributed by atoms with van der Waals surface area (Å²) in [5.74, 6) is -0.113. The maximum absolute atomic E-state index is 11.5. The van der Waals surface area contributed by atoms with E-state index >= 15 is 0 Å². The molecule has 1 atom stereocenters. The highest BCUT2D eigenvalue weighted by atomic mass is 32.2. The van der Waals surface area contributed by atoms with E-state index in [0.717, 1.165) is 19.1 Å². The van der Waals surface area contributed by atoms with Crippen molar-refractivity contribution in [3.63, 3.8) is 0 Å². The highest BCUT2D eigenvalue weighted by molar-refractivity contribution is 7.88. The zero-order valence-corrected chi connectivity index (χ0v) is 9.89. The fourth-order valence-corrected chi connectivity index (χ4v) is 2.14. The maximum atomic E-state index is 11.5. The number of carbonyl (C=O) groups is 1. The average Bonchev–Trinajstić information content (AvgIpc) is 2.15. The molecule has 1 aliphatic heterocycles. The number of Topliss-reactive ketones (excluding diaryl/α,β-unsaturated/α-hetero) is 1. The van der Waals surface area contributed by atoms with Gasteiger partial charge >= 0.3 is 0 Å². The molecule has 5 nitrogen and oxygen atoms in total. The third kappa shape index (κ3) is 3.55. The SMILES string of the molecule is CC(=O)C1(CNS(C)(=O)=O)CCCCO1. The van der Waals surface area contributed by atoms with Gasteiger partial charge in [-0.2, -0.15) is 0 Å². The van der Waals surface area contributed by atoms with Crippen LogP contribution in [-0.2, 0) is 19.6 Å². The zero-order valence-electron chi connectivity index (χ0n) is 9.08. The second-order valence-electron chi connectivity index (χ2n) is 3.95. The molecule has 0 bridgehead atoms. The van der Waals surface area contributed by atoms with E-state index in [1.165, 1.54) is 6.92 Å². The first-order chi connectivity index (χ1) is 6.86. The molecular weight excluding hydrogens is 218 g/mol. The van der Waals surface area contributed by atoms with Crippen molar-refractivity contribution in [2.75, 3.05) is 19.4 Å². The lowest BCUT2D eigenvalue weighted by Crippen LogP contribution is -2.51. The third-order valence-corrected chi connectivity index (χ3v) is 3.28. The highest BCUT2D eigenvalue weighted by Crippen LogP contribution is 2.25. The van der Waals surface area contributed by atoms with Crippen LogP contribution in [0.3, 0.4) is 0 Å². The number of hydrogen-bond donors (Lipinski definition) is 1. The lowest BCUT2D eigenvalue weighted by atomic mass is 9.90. The summed E-state index contributed by atoms with van der Waals surface area (Å²) in [7, 11) is -3.28. The van der Waals surface area contributed by atoms with Crippen LogP contribution in [0.1, 0.15) is 26.2 Å². The van der Waals surface area contributed by atoms with Gasteiger partial charge in [-0.05, 0) is 26.2 Å². The number of carbonyl (C=O) groups excluding carboxylic acids is 1. The molecule has 0 spiro atoms. The fraction of sp³-hybridized carbons (Fsp3) is 0.889. The molecule has 0 aromatic carbocycles. The van der Waals surface area contributed by atoms with Crippen LogP contribution in [0.4, 0.5) is 0 Å². The highest BCUT2D eigenvalue weighted by Gasteiger charge is 2.38. The molecule has 1 heterocycles. The lowest BCUT2D eigenvalue weighted by Gasteiger charge is -2.34. The molecule has 1 rings (SSSR count). The summed E-state index contributed by atoms with van der Waals surface area (Å²) in [6, 6.07) is 0. The van der Waals surface area contributed by atoms with Crippen molar-refractivity contribution < 1.29 is 17.9 Å². The van der Waals surface area contributed by atoms with Gasteiger partial charge in [-0.15, -0.1) is 0 Å². The van der Waals surface area contributed by atoms with Crippen LogP contribution in [-0.4, -0.2) is 39.2 Å². The van der Waals surface area contributed by atoms with E-state index in [2.05, 4.69) is 4.72 Å². The Hall–Kier alpha value is -0.460. The summed E-state index contributed by atoms with van der Waals surface area (Å²) >= 11 is 0. The van der Waals surface area contributed by atoms with Crippen molar-refractivity contribution in [2.24, 2.45) is 0 Å². The van der Waals surface area contributed by atoms with E-state index in [1.807, 2.05) is 0 Å². The van der Waals surface area contributed by atoms with Gasteiger partial charge in [0.2, 0.25) is 10.0 Å². The number of ether oxygens (including phenoxy) is 1. The Kier molecular flexibility index (Phi) is 3.86. The van der Waals surface area contributed by atoms with Crippen LogP contribution >= 0.6 is 0 Å². The Labute approximate surface area is 90.2 Å². The van der Waals surface area contributed by atoms with Gasteiger partial charge in [0.05, 0.1) is 6.26 Å². The predicted octanol–water partition coefficient (Wildman–Crippen LogP) is 0.0639. The van der Waals surface area contributed by atoms with Gasteiger partial charge in [-0.3, -0.25) is 4.79 Å². The Balaban J connectivity index is 2.69. The second-order valence-corrected chi connectivity index (χ2v) is 5.78. The Morgan fingerprint density at radius 1 is 1.47 bits per heavy atom. The average molecular weight is 235 g/mol. The number of nitrogens with one attached hydrogen (secondary N) is 1. The largest absolute Gasteiger partial charge is 0.366 e. The van der Waals surface area contributed by atoms with Gasteiger partial charge in [0.15, 0.2) is 5.78 Å². The van der Waals surface area contributed by atoms with E-state index < -0.39 is 15.6 Å². The van der Waals surface area contributed by atoms with Crippen LogP contribution in [0.5, 0.6) is 0 Å². The Bertz CT molecular complexity index is 330. The van der Waals surface area contributed by atoms with Crippen molar-refractivity contribution >= 4 is 15.8 Å². The molecule has 1 unspecified atom stereocenters. The first kappa shape index (κ1) is 12.6. The standard InChI is InChI=1S/C9H17NO4S/c1-8(11)9(5-3-4-6-14-9)7-10-15(2,12)13/h10H,3-7H2,1-2H3. The second kappa shape index (κ2) is 4.59. The summed E-state index contributed by atoms with van der Waals surface area (Å²) < 4.78 is 29.7. The quantitative estimate of drug-likeness (QED) is 0.748. The molecule has 0 radical (unpaired) electrons. The smallest absolute Gasteiger partial charge is 0.208 e. The first-order valence-corrected chi connectivity index (χ1v) is 6.84. The van der Waals surface area contributed by atoms with Crippen LogP contribution in [0.25, 0.3) is 0 Å². The first-order valence-electron chi connectivity index (χ1n) is 4.95. The van der Waals surface area contributed by atoms with Crippen LogP contribution in [0.2, 0.25) is 0 Å². The van der Waals surface area contributed by atoms with E-state index in [4.69, 9.17) is 4.74 Å². The molecule has 0 aromatic rings. The van der Waals surface area contributed by atoms with Gasteiger partial charge < -0.3 is 4.74 Å². The van der Waals surface area contributed by atoms with Crippen LogP contribution < -0.4 is 4.72 Å². The molecule has 88 valence electrons. The van der Waals surface area contributed by atoms with Crippen LogP contribution in [0, 0.1) is 0 Å². The molecule has 1 N–H and O–H groups in total. The number of hydrogen-bond acceptors (Lipinski definition) is 4. The van der Waals surface area contributed by atoms with Gasteiger partial charge in [-0.25, -0.2) is 13.1 Å². The monoisotopic (exact) mass is 235 g/mol. The van der Waals surface area contributed by atoms with E-state index in [-0.39, 0.29) is 12.3 Å². The molecule has 0 aliphatic carbocycles. The van der Waals surface area contributed by atoms with Gasteiger partial charge in [-0.1, -0.05) is 0 Å². The summed E-state index contributed by atoms with van der Waals surface area (Å²) in [5.41, 5.74) is -0.943. The minimum Gasteiger partial charge on any atom is -0.366 e. The van der Waals surface area contributed by atoms with Gasteiger partial charge in [0, 0.05) is 13.2 Å². The van der Waals surface area contributed by atoms with Crippen molar-refractivity contribution in [1.82, 2.24) is 4.72 Å². The molecule has 0 saturated carbocycles. The number of sulfonamides is 1. The molecular formula is C9H17NO4S. The summed E-state index contributed by atoms with van der Waals surface area (Å²) in [5, 5.41) is 0. The van der Waals surface area contributed by atoms with Crippen LogP contribution in [0.15, 0.2) is 0 Å². The summed E-state index contributed by atoms with van der Waals surface area (Å²) in [6.45, 7) is 2.00. The zero-order chi connectivity index (χ0) is 11.5. The minimum atomic E-state index is -3.28. The lowest BCUT2D eigenvalue weighted by molar-refractivity contribution is -0.147. The molecule has 1 fully saturated rings. The Morgan fingerprint density at radius 2 is 2.13 bits per heavy atom. The summed E-state index contributed by atoms with van der Waals surface area (Å²) in [4.78, 5) is 11.5. The normalized spacial score (nSPS) is 27.6.